The van der Waals surface area contributed by atoms with Crippen LogP contribution in [-0.2, 0) is 0 Å². The summed E-state index contributed by atoms with van der Waals surface area (Å²) >= 11 is 0. The lowest BCUT2D eigenvalue weighted by atomic mass is 9.99. The van der Waals surface area contributed by atoms with E-state index in [0.29, 0.717) is 12.1 Å². The molecule has 16 heavy (non-hydrogen) atoms. The third-order valence-corrected chi connectivity index (χ3v) is 3.53. The van der Waals surface area contributed by atoms with E-state index in [0.717, 1.165) is 18.7 Å². The second kappa shape index (κ2) is 4.52. The second-order valence-electron chi connectivity index (χ2n) is 4.70. The predicted octanol–water partition coefficient (Wildman–Crippen LogP) is 2.10. The molecule has 1 N–H and O–H groups in total. The van der Waals surface area contributed by atoms with Crippen LogP contribution in [-0.4, -0.2) is 31.1 Å². The van der Waals surface area contributed by atoms with Crippen LogP contribution in [0.25, 0.3) is 0 Å². The molecule has 0 spiro atoms. The molecule has 0 amide bonds. The van der Waals surface area contributed by atoms with Crippen LogP contribution < -0.4 is 5.32 Å². The molecule has 2 unspecified atom stereocenters. The Bertz CT molecular complexity index is 378. The largest absolute Gasteiger partial charge is 0.313 e. The van der Waals surface area contributed by atoms with Crippen molar-refractivity contribution in [3.05, 3.63) is 35.1 Å². The molecule has 1 aliphatic rings. The van der Waals surface area contributed by atoms with Crippen molar-refractivity contribution in [1.82, 2.24) is 10.2 Å². The van der Waals surface area contributed by atoms with Gasteiger partial charge in [-0.05, 0) is 38.1 Å². The number of benzene rings is 1. The Morgan fingerprint density at radius 3 is 2.81 bits per heavy atom. The van der Waals surface area contributed by atoms with E-state index in [9.17, 15) is 4.39 Å². The summed E-state index contributed by atoms with van der Waals surface area (Å²) in [7, 11) is 2.13. The average molecular weight is 222 g/mol. The van der Waals surface area contributed by atoms with Gasteiger partial charge in [0.05, 0.1) is 0 Å². The van der Waals surface area contributed by atoms with E-state index < -0.39 is 0 Å². The lowest BCUT2D eigenvalue weighted by Gasteiger charge is -2.38. The third-order valence-electron chi connectivity index (χ3n) is 3.53. The number of hydrogen-bond donors (Lipinski definition) is 1. The maximum absolute atomic E-state index is 13.2. The van der Waals surface area contributed by atoms with Crippen molar-refractivity contribution in [2.45, 2.75) is 25.9 Å². The van der Waals surface area contributed by atoms with E-state index in [1.54, 1.807) is 6.07 Å². The van der Waals surface area contributed by atoms with E-state index in [2.05, 4.69) is 24.2 Å². The molecule has 1 aromatic carbocycles. The van der Waals surface area contributed by atoms with Gasteiger partial charge in [0.1, 0.15) is 5.82 Å². The van der Waals surface area contributed by atoms with Crippen LogP contribution in [0.1, 0.15) is 24.1 Å². The summed E-state index contributed by atoms with van der Waals surface area (Å²) in [5.74, 6) is -0.122. The Morgan fingerprint density at radius 2 is 2.12 bits per heavy atom. The zero-order valence-corrected chi connectivity index (χ0v) is 10.1. The first-order chi connectivity index (χ1) is 7.59. The molecule has 3 heteroatoms. The minimum Gasteiger partial charge on any atom is -0.313 e. The normalized spacial score (nSPS) is 27.0. The highest BCUT2D eigenvalue weighted by Crippen LogP contribution is 2.24. The van der Waals surface area contributed by atoms with Crippen molar-refractivity contribution in [2.24, 2.45) is 0 Å². The Kier molecular flexibility index (Phi) is 3.26. The summed E-state index contributed by atoms with van der Waals surface area (Å²) in [6.07, 6.45) is 0. The van der Waals surface area contributed by atoms with Gasteiger partial charge in [0.25, 0.3) is 0 Å². The van der Waals surface area contributed by atoms with Gasteiger partial charge in [-0.1, -0.05) is 12.1 Å². The standard InChI is InChI=1S/C13H19FN2/c1-9-6-11(4-5-12(9)14)13-8-15-7-10(2)16(13)3/h4-6,10,13,15H,7-8H2,1-3H3. The van der Waals surface area contributed by atoms with Crippen LogP contribution in [0.4, 0.5) is 4.39 Å². The predicted molar refractivity (Wildman–Crippen MR) is 64.0 cm³/mol. The smallest absolute Gasteiger partial charge is 0.126 e. The molecule has 2 rings (SSSR count). The molecule has 0 aromatic heterocycles. The molecule has 0 saturated carbocycles. The fraction of sp³-hybridized carbons (Fsp3) is 0.538. The maximum Gasteiger partial charge on any atom is 0.126 e. The van der Waals surface area contributed by atoms with E-state index in [1.807, 2.05) is 19.1 Å². The molecule has 0 radical (unpaired) electrons. The fourth-order valence-electron chi connectivity index (χ4n) is 2.25. The highest BCUT2D eigenvalue weighted by molar-refractivity contribution is 5.27. The van der Waals surface area contributed by atoms with E-state index in [4.69, 9.17) is 0 Å². The van der Waals surface area contributed by atoms with Gasteiger partial charge in [-0.3, -0.25) is 4.90 Å². The first-order valence-corrected chi connectivity index (χ1v) is 5.78. The minimum absolute atomic E-state index is 0.122. The Morgan fingerprint density at radius 1 is 1.38 bits per heavy atom. The van der Waals surface area contributed by atoms with E-state index >= 15 is 0 Å². The van der Waals surface area contributed by atoms with Crippen molar-refractivity contribution in [1.29, 1.82) is 0 Å². The molecular weight excluding hydrogens is 203 g/mol. The van der Waals surface area contributed by atoms with Gasteiger partial charge in [0.2, 0.25) is 0 Å². The number of hydrogen-bond acceptors (Lipinski definition) is 2. The summed E-state index contributed by atoms with van der Waals surface area (Å²) in [5, 5.41) is 3.41. The molecule has 2 nitrogen and oxygen atoms in total. The molecule has 0 aliphatic carbocycles. The number of aryl methyl sites for hydroxylation is 1. The van der Waals surface area contributed by atoms with Gasteiger partial charge in [-0.25, -0.2) is 4.39 Å². The van der Waals surface area contributed by atoms with E-state index in [-0.39, 0.29) is 5.82 Å². The Labute approximate surface area is 96.5 Å². The van der Waals surface area contributed by atoms with Crippen LogP contribution in [0.5, 0.6) is 0 Å². The van der Waals surface area contributed by atoms with Gasteiger partial charge in [-0.2, -0.15) is 0 Å². The lowest BCUT2D eigenvalue weighted by molar-refractivity contribution is 0.141. The monoisotopic (exact) mass is 222 g/mol. The highest BCUT2D eigenvalue weighted by atomic mass is 19.1. The topological polar surface area (TPSA) is 15.3 Å². The number of rotatable bonds is 1. The summed E-state index contributed by atoms with van der Waals surface area (Å²) in [6.45, 7) is 5.98. The van der Waals surface area contributed by atoms with Crippen LogP contribution in [0, 0.1) is 12.7 Å². The SMILES string of the molecule is Cc1cc(C2CNCC(C)N2C)ccc1F. The molecule has 2 atom stereocenters. The van der Waals surface area contributed by atoms with Crippen molar-refractivity contribution in [2.75, 3.05) is 20.1 Å². The summed E-state index contributed by atoms with van der Waals surface area (Å²) < 4.78 is 13.2. The number of nitrogens with one attached hydrogen (secondary N) is 1. The van der Waals surface area contributed by atoms with Crippen molar-refractivity contribution in [3.8, 4) is 0 Å². The fourth-order valence-corrected chi connectivity index (χ4v) is 2.25. The number of halogens is 1. The first-order valence-electron chi connectivity index (χ1n) is 5.78. The Balaban J connectivity index is 2.25. The van der Waals surface area contributed by atoms with Crippen LogP contribution in [0.15, 0.2) is 18.2 Å². The molecule has 88 valence electrons. The summed E-state index contributed by atoms with van der Waals surface area (Å²) in [6, 6.07) is 6.28. The van der Waals surface area contributed by atoms with Crippen molar-refractivity contribution in [3.63, 3.8) is 0 Å². The highest BCUT2D eigenvalue weighted by Gasteiger charge is 2.25. The molecule has 1 heterocycles. The minimum atomic E-state index is -0.122. The van der Waals surface area contributed by atoms with Gasteiger partial charge in [-0.15, -0.1) is 0 Å². The van der Waals surface area contributed by atoms with E-state index in [1.165, 1.54) is 5.56 Å². The lowest BCUT2D eigenvalue weighted by Crippen LogP contribution is -2.49. The van der Waals surface area contributed by atoms with Crippen LogP contribution in [0.3, 0.4) is 0 Å². The molecule has 0 bridgehead atoms. The maximum atomic E-state index is 13.2. The third kappa shape index (κ3) is 2.11. The van der Waals surface area contributed by atoms with Gasteiger partial charge in [0.15, 0.2) is 0 Å². The number of piperazine rings is 1. The average Bonchev–Trinajstić information content (AvgIpc) is 2.26. The molecule has 1 fully saturated rings. The number of nitrogens with zero attached hydrogens (tertiary/aromatic N) is 1. The van der Waals surface area contributed by atoms with Crippen LogP contribution in [0.2, 0.25) is 0 Å². The molecule has 1 aromatic rings. The zero-order valence-electron chi connectivity index (χ0n) is 10.1. The van der Waals surface area contributed by atoms with Gasteiger partial charge in [0, 0.05) is 25.2 Å². The molecule has 1 aliphatic heterocycles. The van der Waals surface area contributed by atoms with Crippen LogP contribution >= 0.6 is 0 Å². The summed E-state index contributed by atoms with van der Waals surface area (Å²) in [4.78, 5) is 2.35. The Hall–Kier alpha value is -0.930. The zero-order chi connectivity index (χ0) is 11.7. The van der Waals surface area contributed by atoms with Crippen molar-refractivity contribution < 1.29 is 4.39 Å². The van der Waals surface area contributed by atoms with Crippen molar-refractivity contribution >= 4 is 0 Å². The summed E-state index contributed by atoms with van der Waals surface area (Å²) in [5.41, 5.74) is 1.92. The quantitative estimate of drug-likeness (QED) is 0.783. The first kappa shape index (κ1) is 11.6. The second-order valence-corrected chi connectivity index (χ2v) is 4.70. The number of likely N-dealkylation sites (N-methyl/N-ethyl adjacent to an activating group) is 1. The molecule has 1 saturated heterocycles. The van der Waals surface area contributed by atoms with Gasteiger partial charge >= 0.3 is 0 Å². The molecular formula is C13H19FN2. The van der Waals surface area contributed by atoms with Gasteiger partial charge < -0.3 is 5.32 Å².